The smallest absolute Gasteiger partial charge is 0.170 e. The molecule has 2 aliphatic rings. The zero-order chi connectivity index (χ0) is 33.1. The van der Waals surface area contributed by atoms with E-state index in [1.165, 1.54) is 27.8 Å². The van der Waals surface area contributed by atoms with Crippen LogP contribution >= 0.6 is 0 Å². The predicted octanol–water partition coefficient (Wildman–Crippen LogP) is 11.3. The average Bonchev–Trinajstić information content (AvgIpc) is 3.38. The SMILES string of the molecule is CCc1nc(-c2ccc(-c3ccccc3)cc2)nc(-c2ccccc2-c2ccc3c(c2)Oc2cc4c(cc2O3)-c2ccccc2C4(C)C)n1. The van der Waals surface area contributed by atoms with Gasteiger partial charge in [0.2, 0.25) is 0 Å². The number of fused-ring (bicyclic) bond motifs is 5. The Kier molecular flexibility index (Phi) is 6.70. The topological polar surface area (TPSA) is 57.1 Å². The van der Waals surface area contributed by atoms with Gasteiger partial charge in [-0.1, -0.05) is 130 Å². The average molecular weight is 636 g/mol. The second kappa shape index (κ2) is 11.3. The minimum Gasteiger partial charge on any atom is -0.449 e. The molecule has 0 spiro atoms. The number of nitrogens with zero attached hydrogens (tertiary/aromatic N) is 3. The van der Waals surface area contributed by atoms with E-state index in [0.29, 0.717) is 29.6 Å². The number of aryl methyl sites for hydroxylation is 1. The van der Waals surface area contributed by atoms with Crippen molar-refractivity contribution in [3.05, 3.63) is 150 Å². The van der Waals surface area contributed by atoms with Crippen LogP contribution in [0.4, 0.5) is 0 Å². The molecular weight excluding hydrogens is 603 g/mol. The maximum atomic E-state index is 6.59. The molecule has 0 N–H and O–H groups in total. The first kappa shape index (κ1) is 29.1. The first-order valence-electron chi connectivity index (χ1n) is 16.7. The molecule has 0 unspecified atom stereocenters. The molecule has 0 amide bonds. The van der Waals surface area contributed by atoms with Gasteiger partial charge in [-0.15, -0.1) is 0 Å². The van der Waals surface area contributed by atoms with Crippen LogP contribution in [-0.4, -0.2) is 15.0 Å². The number of rotatable bonds is 5. The van der Waals surface area contributed by atoms with Gasteiger partial charge in [0.15, 0.2) is 34.6 Å². The standard InChI is InChI=1S/C44H33N3O2/c1-4-41-45-42(29-20-18-28(19-21-29)27-12-6-5-7-13-27)47-43(46-41)33-16-9-8-14-31(33)30-22-23-37-38(24-30)49-40-26-36-34(25-39(40)48-37)32-15-10-11-17-35(32)44(36,2)3/h5-26H,4H2,1-3H3. The normalized spacial score (nSPS) is 13.4. The summed E-state index contributed by atoms with van der Waals surface area (Å²) < 4.78 is 13.1. The van der Waals surface area contributed by atoms with E-state index in [4.69, 9.17) is 24.4 Å². The number of ether oxygens (including phenoxy) is 2. The van der Waals surface area contributed by atoms with Gasteiger partial charge in [0.1, 0.15) is 5.82 Å². The minimum atomic E-state index is -0.129. The van der Waals surface area contributed by atoms with Gasteiger partial charge in [-0.05, 0) is 68.8 Å². The molecule has 49 heavy (non-hydrogen) atoms. The van der Waals surface area contributed by atoms with Crippen LogP contribution in [0.2, 0.25) is 0 Å². The van der Waals surface area contributed by atoms with E-state index < -0.39 is 0 Å². The summed E-state index contributed by atoms with van der Waals surface area (Å²) in [7, 11) is 0. The van der Waals surface area contributed by atoms with Gasteiger partial charge in [0.25, 0.3) is 0 Å². The summed E-state index contributed by atoms with van der Waals surface area (Å²) in [5.41, 5.74) is 11.1. The Morgan fingerprint density at radius 2 is 1.04 bits per heavy atom. The van der Waals surface area contributed by atoms with E-state index in [1.807, 2.05) is 24.3 Å². The number of hydrogen-bond donors (Lipinski definition) is 0. The molecule has 236 valence electrons. The van der Waals surface area contributed by atoms with Crippen molar-refractivity contribution in [2.24, 2.45) is 0 Å². The highest BCUT2D eigenvalue weighted by Crippen LogP contribution is 2.55. The predicted molar refractivity (Wildman–Crippen MR) is 195 cm³/mol. The van der Waals surface area contributed by atoms with Crippen molar-refractivity contribution in [1.29, 1.82) is 0 Å². The highest BCUT2D eigenvalue weighted by molar-refractivity contribution is 5.85. The molecule has 0 atom stereocenters. The Morgan fingerprint density at radius 3 is 1.84 bits per heavy atom. The van der Waals surface area contributed by atoms with Gasteiger partial charge in [0.05, 0.1) is 0 Å². The van der Waals surface area contributed by atoms with Crippen LogP contribution in [0.25, 0.3) is 56.2 Å². The van der Waals surface area contributed by atoms with Crippen molar-refractivity contribution < 1.29 is 9.47 Å². The molecule has 0 fully saturated rings. The zero-order valence-electron chi connectivity index (χ0n) is 27.6. The van der Waals surface area contributed by atoms with E-state index in [2.05, 4.69) is 130 Å². The Labute approximate surface area is 285 Å². The van der Waals surface area contributed by atoms with E-state index in [0.717, 1.165) is 45.1 Å². The molecule has 6 aromatic carbocycles. The molecule has 0 radical (unpaired) electrons. The van der Waals surface area contributed by atoms with Gasteiger partial charge in [0, 0.05) is 23.0 Å². The molecule has 1 aliphatic heterocycles. The first-order valence-corrected chi connectivity index (χ1v) is 16.7. The molecule has 0 bridgehead atoms. The Morgan fingerprint density at radius 1 is 0.449 bits per heavy atom. The second-order valence-electron chi connectivity index (χ2n) is 13.1. The summed E-state index contributed by atoms with van der Waals surface area (Å²) in [6.45, 7) is 6.61. The van der Waals surface area contributed by atoms with Crippen LogP contribution in [0.1, 0.15) is 37.7 Å². The fraction of sp³-hybridized carbons (Fsp3) is 0.114. The van der Waals surface area contributed by atoms with E-state index in [9.17, 15) is 0 Å². The van der Waals surface area contributed by atoms with Gasteiger partial charge >= 0.3 is 0 Å². The molecule has 5 heteroatoms. The summed E-state index contributed by atoms with van der Waals surface area (Å²) >= 11 is 0. The Balaban J connectivity index is 1.07. The van der Waals surface area contributed by atoms with Crippen LogP contribution in [0.15, 0.2) is 133 Å². The molecule has 0 saturated carbocycles. The van der Waals surface area contributed by atoms with Crippen molar-refractivity contribution in [3.63, 3.8) is 0 Å². The molecular formula is C44H33N3O2. The zero-order valence-corrected chi connectivity index (χ0v) is 27.6. The molecule has 1 aromatic heterocycles. The third-order valence-electron chi connectivity index (χ3n) is 9.76. The summed E-state index contributed by atoms with van der Waals surface area (Å²) in [4.78, 5) is 14.7. The second-order valence-corrected chi connectivity index (χ2v) is 13.1. The van der Waals surface area contributed by atoms with Crippen molar-refractivity contribution in [2.75, 3.05) is 0 Å². The fourth-order valence-electron chi connectivity index (χ4n) is 7.14. The third-order valence-corrected chi connectivity index (χ3v) is 9.76. The van der Waals surface area contributed by atoms with Gasteiger partial charge in [-0.3, -0.25) is 0 Å². The summed E-state index contributed by atoms with van der Waals surface area (Å²) in [5, 5.41) is 0. The largest absolute Gasteiger partial charge is 0.449 e. The molecule has 2 heterocycles. The molecule has 7 aromatic rings. The van der Waals surface area contributed by atoms with Crippen molar-refractivity contribution in [1.82, 2.24) is 15.0 Å². The lowest BCUT2D eigenvalue weighted by Crippen LogP contribution is -2.15. The molecule has 9 rings (SSSR count). The van der Waals surface area contributed by atoms with Gasteiger partial charge in [-0.2, -0.15) is 0 Å². The fourth-order valence-corrected chi connectivity index (χ4v) is 7.14. The van der Waals surface area contributed by atoms with Crippen LogP contribution in [-0.2, 0) is 11.8 Å². The van der Waals surface area contributed by atoms with Gasteiger partial charge < -0.3 is 9.47 Å². The molecule has 0 saturated heterocycles. The van der Waals surface area contributed by atoms with Gasteiger partial charge in [-0.25, -0.2) is 15.0 Å². The lowest BCUT2D eigenvalue weighted by molar-refractivity contribution is 0.359. The van der Waals surface area contributed by atoms with Crippen molar-refractivity contribution in [3.8, 4) is 79.2 Å². The Hall–Kier alpha value is -6.07. The van der Waals surface area contributed by atoms with E-state index in [1.54, 1.807) is 0 Å². The third kappa shape index (κ3) is 4.89. The maximum Gasteiger partial charge on any atom is 0.170 e. The monoisotopic (exact) mass is 635 g/mol. The number of aromatic nitrogens is 3. The van der Waals surface area contributed by atoms with Crippen LogP contribution in [0.3, 0.4) is 0 Å². The highest BCUT2D eigenvalue weighted by atomic mass is 16.6. The minimum absolute atomic E-state index is 0.129. The molecule has 5 nitrogen and oxygen atoms in total. The Bertz CT molecular complexity index is 2400. The number of benzene rings is 6. The van der Waals surface area contributed by atoms with E-state index >= 15 is 0 Å². The number of hydrogen-bond acceptors (Lipinski definition) is 5. The summed E-state index contributed by atoms with van der Waals surface area (Å²) in [6.07, 6.45) is 0.696. The highest BCUT2D eigenvalue weighted by Gasteiger charge is 2.37. The quantitative estimate of drug-likeness (QED) is 0.188. The first-order chi connectivity index (χ1) is 24.0. The van der Waals surface area contributed by atoms with Crippen LogP contribution < -0.4 is 9.47 Å². The molecule has 1 aliphatic carbocycles. The van der Waals surface area contributed by atoms with E-state index in [-0.39, 0.29) is 5.41 Å². The lowest BCUT2D eigenvalue weighted by atomic mass is 9.82. The van der Waals surface area contributed by atoms with Crippen molar-refractivity contribution >= 4 is 0 Å². The van der Waals surface area contributed by atoms with Crippen LogP contribution in [0.5, 0.6) is 23.0 Å². The van der Waals surface area contributed by atoms with Crippen molar-refractivity contribution in [2.45, 2.75) is 32.6 Å². The summed E-state index contributed by atoms with van der Waals surface area (Å²) in [6, 6.07) is 46.0. The lowest BCUT2D eigenvalue weighted by Gasteiger charge is -2.25. The maximum absolute atomic E-state index is 6.59. The summed E-state index contributed by atoms with van der Waals surface area (Å²) in [5.74, 6) is 4.87. The van der Waals surface area contributed by atoms with Crippen LogP contribution in [0, 0.1) is 0 Å².